The largest absolute Gasteiger partial charge is 0.386 e. The summed E-state index contributed by atoms with van der Waals surface area (Å²) in [6.45, 7) is 2.32. The average molecular weight is 286 g/mol. The second-order valence-electron chi connectivity index (χ2n) is 5.27. The molecule has 0 spiro atoms. The fourth-order valence-electron chi connectivity index (χ4n) is 2.98. The molecule has 3 nitrogen and oxygen atoms in total. The molecule has 1 N–H and O–H groups in total. The normalized spacial score (nSPS) is 29.2. The Balaban J connectivity index is 1.74. The van der Waals surface area contributed by atoms with Crippen LogP contribution in [0.2, 0.25) is 5.02 Å². The summed E-state index contributed by atoms with van der Waals surface area (Å²) in [7, 11) is 0. The van der Waals surface area contributed by atoms with Gasteiger partial charge < -0.3 is 9.84 Å². The third-order valence-corrected chi connectivity index (χ3v) is 4.28. The number of benzene rings is 1. The molecule has 0 aliphatic carbocycles. The topological polar surface area (TPSA) is 32.7 Å². The predicted molar refractivity (Wildman–Crippen MR) is 70.7 cm³/mol. The number of nitrogens with zero attached hydrogens (tertiary/aromatic N) is 1. The number of fused-ring (bicyclic) bond motifs is 1. The predicted octanol–water partition coefficient (Wildman–Crippen LogP) is 2.38. The highest BCUT2D eigenvalue weighted by Crippen LogP contribution is 2.30. The van der Waals surface area contributed by atoms with Crippen LogP contribution < -0.4 is 0 Å². The molecule has 104 valence electrons. The molecule has 19 heavy (non-hydrogen) atoms. The standard InChI is InChI=1S/C14H17ClFNO2/c15-9-3-4-11(12(16)6-9)14(18)13-7-17-5-1-2-10(17)8-19-13/h3-4,6,10,13-14,18H,1-2,5,7-8H2. The van der Waals surface area contributed by atoms with E-state index < -0.39 is 11.9 Å². The van der Waals surface area contributed by atoms with Gasteiger partial charge in [-0.15, -0.1) is 0 Å². The van der Waals surface area contributed by atoms with Crippen LogP contribution in [0.25, 0.3) is 0 Å². The van der Waals surface area contributed by atoms with Gasteiger partial charge in [0.25, 0.3) is 0 Å². The van der Waals surface area contributed by atoms with Crippen molar-refractivity contribution in [2.45, 2.75) is 31.1 Å². The molecule has 3 atom stereocenters. The van der Waals surface area contributed by atoms with Gasteiger partial charge >= 0.3 is 0 Å². The number of aliphatic hydroxyl groups excluding tert-OH is 1. The van der Waals surface area contributed by atoms with Crippen LogP contribution in [-0.4, -0.2) is 41.8 Å². The molecule has 0 bridgehead atoms. The first-order valence-electron chi connectivity index (χ1n) is 6.64. The summed E-state index contributed by atoms with van der Waals surface area (Å²) in [6.07, 6.45) is 1.01. The second kappa shape index (κ2) is 5.37. The molecule has 2 aliphatic rings. The summed E-state index contributed by atoms with van der Waals surface area (Å²) in [6, 6.07) is 4.81. The summed E-state index contributed by atoms with van der Waals surface area (Å²) >= 11 is 5.72. The van der Waals surface area contributed by atoms with Crippen molar-refractivity contribution in [1.29, 1.82) is 0 Å². The first-order valence-corrected chi connectivity index (χ1v) is 7.01. The van der Waals surface area contributed by atoms with Crippen LogP contribution in [0.1, 0.15) is 24.5 Å². The van der Waals surface area contributed by atoms with E-state index in [9.17, 15) is 9.50 Å². The average Bonchev–Trinajstić information content (AvgIpc) is 2.85. The molecule has 0 amide bonds. The molecule has 5 heteroatoms. The van der Waals surface area contributed by atoms with Gasteiger partial charge in [-0.05, 0) is 31.5 Å². The van der Waals surface area contributed by atoms with Gasteiger partial charge in [-0.3, -0.25) is 4.90 Å². The lowest BCUT2D eigenvalue weighted by Crippen LogP contribution is -2.48. The first-order chi connectivity index (χ1) is 9.15. The minimum absolute atomic E-state index is 0.257. The molecule has 3 unspecified atom stereocenters. The number of morpholine rings is 1. The zero-order valence-corrected chi connectivity index (χ0v) is 11.3. The minimum Gasteiger partial charge on any atom is -0.386 e. The van der Waals surface area contributed by atoms with E-state index in [0.29, 0.717) is 24.2 Å². The maximum atomic E-state index is 13.8. The van der Waals surface area contributed by atoms with E-state index in [4.69, 9.17) is 16.3 Å². The number of rotatable bonds is 2. The van der Waals surface area contributed by atoms with Crippen LogP contribution in [0.5, 0.6) is 0 Å². The van der Waals surface area contributed by atoms with Crippen LogP contribution in [-0.2, 0) is 4.74 Å². The molecule has 2 saturated heterocycles. The van der Waals surface area contributed by atoms with E-state index in [0.717, 1.165) is 13.0 Å². The van der Waals surface area contributed by atoms with Crippen molar-refractivity contribution in [3.8, 4) is 0 Å². The van der Waals surface area contributed by atoms with Gasteiger partial charge in [-0.25, -0.2) is 4.39 Å². The van der Waals surface area contributed by atoms with Crippen LogP contribution in [0, 0.1) is 5.82 Å². The highest BCUT2D eigenvalue weighted by atomic mass is 35.5. The molecule has 2 fully saturated rings. The highest BCUT2D eigenvalue weighted by molar-refractivity contribution is 6.30. The van der Waals surface area contributed by atoms with Crippen LogP contribution >= 0.6 is 11.6 Å². The molecule has 0 aromatic heterocycles. The number of ether oxygens (including phenoxy) is 1. The highest BCUT2D eigenvalue weighted by Gasteiger charge is 2.36. The molecule has 2 heterocycles. The van der Waals surface area contributed by atoms with Gasteiger partial charge in [-0.2, -0.15) is 0 Å². The Hall–Kier alpha value is -0.680. The van der Waals surface area contributed by atoms with Crippen molar-refractivity contribution in [2.75, 3.05) is 19.7 Å². The zero-order chi connectivity index (χ0) is 13.4. The Morgan fingerprint density at radius 2 is 2.32 bits per heavy atom. The second-order valence-corrected chi connectivity index (χ2v) is 5.71. The SMILES string of the molecule is OC(c1ccc(Cl)cc1F)C1CN2CCCC2CO1. The van der Waals surface area contributed by atoms with Crippen molar-refractivity contribution in [2.24, 2.45) is 0 Å². The number of aliphatic hydroxyl groups is 1. The van der Waals surface area contributed by atoms with E-state index in [-0.39, 0.29) is 11.7 Å². The third-order valence-electron chi connectivity index (χ3n) is 4.05. The van der Waals surface area contributed by atoms with E-state index >= 15 is 0 Å². The van der Waals surface area contributed by atoms with E-state index in [1.54, 1.807) is 6.07 Å². The zero-order valence-electron chi connectivity index (χ0n) is 10.6. The molecule has 1 aromatic rings. The van der Waals surface area contributed by atoms with Gasteiger partial charge in [-0.1, -0.05) is 17.7 Å². The quantitative estimate of drug-likeness (QED) is 0.906. The Labute approximate surface area is 116 Å². The van der Waals surface area contributed by atoms with Gasteiger partial charge in [0, 0.05) is 23.2 Å². The van der Waals surface area contributed by atoms with Gasteiger partial charge in [0.2, 0.25) is 0 Å². The van der Waals surface area contributed by atoms with Crippen molar-refractivity contribution in [1.82, 2.24) is 4.90 Å². The molecular formula is C14H17ClFNO2. The van der Waals surface area contributed by atoms with Gasteiger partial charge in [0.1, 0.15) is 18.0 Å². The molecule has 0 saturated carbocycles. The fraction of sp³-hybridized carbons (Fsp3) is 0.571. The summed E-state index contributed by atoms with van der Waals surface area (Å²) < 4.78 is 19.5. The smallest absolute Gasteiger partial charge is 0.130 e. The molecule has 3 rings (SSSR count). The van der Waals surface area contributed by atoms with Crippen LogP contribution in [0.4, 0.5) is 4.39 Å². The number of halogens is 2. The molecule has 1 aromatic carbocycles. The summed E-state index contributed by atoms with van der Waals surface area (Å²) in [5.74, 6) is -0.479. The van der Waals surface area contributed by atoms with Gasteiger partial charge in [0.05, 0.1) is 6.61 Å². The van der Waals surface area contributed by atoms with Gasteiger partial charge in [0.15, 0.2) is 0 Å². The maximum Gasteiger partial charge on any atom is 0.130 e. The third kappa shape index (κ3) is 2.63. The Bertz CT molecular complexity index is 471. The van der Waals surface area contributed by atoms with Crippen molar-refractivity contribution in [3.05, 3.63) is 34.6 Å². The fourth-order valence-corrected chi connectivity index (χ4v) is 3.13. The Kier molecular flexibility index (Phi) is 3.76. The lowest BCUT2D eigenvalue weighted by atomic mass is 10.0. The van der Waals surface area contributed by atoms with Crippen LogP contribution in [0.15, 0.2) is 18.2 Å². The molecule has 0 radical (unpaired) electrons. The minimum atomic E-state index is -0.946. The summed E-state index contributed by atoms with van der Waals surface area (Å²) in [5.41, 5.74) is 0.257. The molecular weight excluding hydrogens is 269 g/mol. The lowest BCUT2D eigenvalue weighted by molar-refractivity contribution is -0.104. The van der Waals surface area contributed by atoms with Crippen molar-refractivity contribution in [3.63, 3.8) is 0 Å². The Morgan fingerprint density at radius 3 is 3.11 bits per heavy atom. The lowest BCUT2D eigenvalue weighted by Gasteiger charge is -2.37. The van der Waals surface area contributed by atoms with Crippen molar-refractivity contribution >= 4 is 11.6 Å². The van der Waals surface area contributed by atoms with Crippen LogP contribution in [0.3, 0.4) is 0 Å². The van der Waals surface area contributed by atoms with E-state index in [2.05, 4.69) is 4.90 Å². The molecule has 2 aliphatic heterocycles. The summed E-state index contributed by atoms with van der Waals surface area (Å²) in [4.78, 5) is 2.32. The Morgan fingerprint density at radius 1 is 1.47 bits per heavy atom. The van der Waals surface area contributed by atoms with E-state index in [1.807, 2.05) is 0 Å². The number of hydrogen-bond donors (Lipinski definition) is 1. The number of hydrogen-bond acceptors (Lipinski definition) is 3. The van der Waals surface area contributed by atoms with E-state index in [1.165, 1.54) is 18.6 Å². The maximum absolute atomic E-state index is 13.8. The monoisotopic (exact) mass is 285 g/mol. The van der Waals surface area contributed by atoms with Crippen molar-refractivity contribution < 1.29 is 14.2 Å². The first kappa shape index (κ1) is 13.3. The summed E-state index contributed by atoms with van der Waals surface area (Å²) in [5, 5.41) is 10.6.